The molecule has 0 atom stereocenters. The molecule has 0 bridgehead atoms. The third-order valence-corrected chi connectivity index (χ3v) is 5.37. The van der Waals surface area contributed by atoms with Gasteiger partial charge in [0.2, 0.25) is 15.9 Å². The fraction of sp³-hybridized carbons (Fsp3) is 0.909. The lowest BCUT2D eigenvalue weighted by Gasteiger charge is -2.12. The number of nitrogens with one attached hydrogen (secondary N) is 2. The lowest BCUT2D eigenvalue weighted by atomic mass is 10.4. The van der Waals surface area contributed by atoms with Crippen LogP contribution in [0.5, 0.6) is 0 Å². The topological polar surface area (TPSA) is 75.3 Å². The second kappa shape index (κ2) is 5.35. The van der Waals surface area contributed by atoms with Crippen molar-refractivity contribution in [1.29, 1.82) is 0 Å². The first kappa shape index (κ1) is 12.8. The quantitative estimate of drug-likeness (QED) is 0.678. The number of carbonyl (C=O) groups is 1. The van der Waals surface area contributed by atoms with Crippen LogP contribution in [0.2, 0.25) is 0 Å². The Morgan fingerprint density at radius 2 is 1.71 bits per heavy atom. The van der Waals surface area contributed by atoms with Gasteiger partial charge < -0.3 is 5.32 Å². The van der Waals surface area contributed by atoms with Crippen molar-refractivity contribution in [2.45, 2.75) is 43.8 Å². The summed E-state index contributed by atoms with van der Waals surface area (Å²) in [5, 5.41) is 2.52. The van der Waals surface area contributed by atoms with Crippen LogP contribution in [-0.2, 0) is 14.8 Å². The summed E-state index contributed by atoms with van der Waals surface area (Å²) in [6.07, 6.45) is 5.49. The van der Waals surface area contributed by atoms with E-state index in [1.165, 1.54) is 0 Å². The smallest absolute Gasteiger partial charge is 0.223 e. The maximum Gasteiger partial charge on any atom is 0.223 e. The Labute approximate surface area is 102 Å². The predicted molar refractivity (Wildman–Crippen MR) is 64.9 cm³/mol. The van der Waals surface area contributed by atoms with E-state index in [4.69, 9.17) is 0 Å². The van der Waals surface area contributed by atoms with Crippen LogP contribution in [0.4, 0.5) is 0 Å². The number of amides is 1. The van der Waals surface area contributed by atoms with Crippen molar-refractivity contribution in [3.8, 4) is 0 Å². The van der Waals surface area contributed by atoms with Gasteiger partial charge in [0.05, 0.1) is 5.25 Å². The highest BCUT2D eigenvalue weighted by Crippen LogP contribution is 2.28. The summed E-state index contributed by atoms with van der Waals surface area (Å²) in [4.78, 5) is 11.3. The average molecular weight is 260 g/mol. The average Bonchev–Trinajstić information content (AvgIpc) is 2.99. The van der Waals surface area contributed by atoms with Gasteiger partial charge in [0.1, 0.15) is 0 Å². The van der Waals surface area contributed by atoms with E-state index in [1.54, 1.807) is 0 Å². The summed E-state index contributed by atoms with van der Waals surface area (Å²) in [5.41, 5.74) is 0. The minimum absolute atomic E-state index is 0.0602. The van der Waals surface area contributed by atoms with Gasteiger partial charge in [0, 0.05) is 19.0 Å². The van der Waals surface area contributed by atoms with E-state index in [0.29, 0.717) is 13.1 Å². The summed E-state index contributed by atoms with van der Waals surface area (Å²) in [6.45, 7) is 0.693. The largest absolute Gasteiger partial charge is 0.355 e. The van der Waals surface area contributed by atoms with E-state index >= 15 is 0 Å². The number of hydrogen-bond acceptors (Lipinski definition) is 3. The molecule has 0 spiro atoms. The second-order valence-corrected chi connectivity index (χ2v) is 6.96. The molecular formula is C11H20N2O3S. The molecule has 0 aliphatic heterocycles. The van der Waals surface area contributed by atoms with Gasteiger partial charge in [-0.05, 0) is 25.7 Å². The highest BCUT2D eigenvalue weighted by Gasteiger charge is 2.30. The fourth-order valence-corrected chi connectivity index (χ4v) is 3.76. The predicted octanol–water partition coefficient (Wildman–Crippen LogP) is 0.375. The lowest BCUT2D eigenvalue weighted by Crippen LogP contribution is -2.38. The number of sulfonamides is 1. The van der Waals surface area contributed by atoms with Gasteiger partial charge in [-0.1, -0.05) is 12.8 Å². The van der Waals surface area contributed by atoms with E-state index in [9.17, 15) is 13.2 Å². The molecule has 2 N–H and O–H groups in total. The van der Waals surface area contributed by atoms with Crippen molar-refractivity contribution in [2.24, 2.45) is 5.92 Å². The molecule has 0 unspecified atom stereocenters. The minimum atomic E-state index is -3.16. The molecule has 2 saturated carbocycles. The van der Waals surface area contributed by atoms with Crippen LogP contribution in [0.3, 0.4) is 0 Å². The molecule has 0 aromatic carbocycles. The van der Waals surface area contributed by atoms with Crippen molar-refractivity contribution in [3.63, 3.8) is 0 Å². The van der Waals surface area contributed by atoms with Crippen LogP contribution in [0, 0.1) is 5.92 Å². The van der Waals surface area contributed by atoms with Gasteiger partial charge in [0.25, 0.3) is 0 Å². The Hall–Kier alpha value is -0.620. The fourth-order valence-electron chi connectivity index (χ4n) is 2.19. The highest BCUT2D eigenvalue weighted by molar-refractivity contribution is 7.90. The summed E-state index contributed by atoms with van der Waals surface area (Å²) in [7, 11) is -3.16. The third kappa shape index (κ3) is 3.67. The van der Waals surface area contributed by atoms with Gasteiger partial charge in [-0.15, -0.1) is 0 Å². The molecule has 0 aromatic heterocycles. The number of carbonyl (C=O) groups excluding carboxylic acids is 1. The first-order valence-electron chi connectivity index (χ1n) is 6.36. The van der Waals surface area contributed by atoms with Crippen LogP contribution in [0.25, 0.3) is 0 Å². The van der Waals surface area contributed by atoms with Crippen LogP contribution >= 0.6 is 0 Å². The summed E-state index contributed by atoms with van der Waals surface area (Å²) < 4.78 is 26.2. The normalized spacial score (nSPS) is 21.6. The molecule has 6 heteroatoms. The molecule has 2 aliphatic carbocycles. The molecular weight excluding hydrogens is 240 g/mol. The summed E-state index contributed by atoms with van der Waals surface area (Å²) in [6, 6.07) is 0. The number of hydrogen-bond donors (Lipinski definition) is 2. The van der Waals surface area contributed by atoms with Crippen molar-refractivity contribution in [2.75, 3.05) is 13.1 Å². The highest BCUT2D eigenvalue weighted by atomic mass is 32.2. The maximum absolute atomic E-state index is 11.8. The Morgan fingerprint density at radius 1 is 1.06 bits per heavy atom. The van der Waals surface area contributed by atoms with Crippen molar-refractivity contribution in [3.05, 3.63) is 0 Å². The molecule has 98 valence electrons. The number of rotatable bonds is 6. The first-order valence-corrected chi connectivity index (χ1v) is 7.90. The van der Waals surface area contributed by atoms with Crippen LogP contribution in [-0.4, -0.2) is 32.7 Å². The lowest BCUT2D eigenvalue weighted by molar-refractivity contribution is -0.122. The van der Waals surface area contributed by atoms with E-state index in [0.717, 1.165) is 38.5 Å². The molecule has 0 heterocycles. The molecule has 1 amide bonds. The Balaban J connectivity index is 1.64. The van der Waals surface area contributed by atoms with Crippen LogP contribution in [0.15, 0.2) is 0 Å². The zero-order valence-corrected chi connectivity index (χ0v) is 10.8. The Morgan fingerprint density at radius 3 is 2.29 bits per heavy atom. The van der Waals surface area contributed by atoms with Crippen LogP contribution in [0.1, 0.15) is 38.5 Å². The minimum Gasteiger partial charge on any atom is -0.355 e. The molecule has 2 fully saturated rings. The Bertz CT molecular complexity index is 370. The van der Waals surface area contributed by atoms with Gasteiger partial charge in [-0.2, -0.15) is 0 Å². The van der Waals surface area contributed by atoms with Crippen LogP contribution < -0.4 is 10.0 Å². The van der Waals surface area contributed by atoms with Gasteiger partial charge >= 0.3 is 0 Å². The van der Waals surface area contributed by atoms with Gasteiger partial charge in [-0.25, -0.2) is 13.1 Å². The maximum atomic E-state index is 11.8. The zero-order chi connectivity index (χ0) is 12.3. The second-order valence-electron chi connectivity index (χ2n) is 4.91. The standard InChI is InChI=1S/C11H20N2O3S/c14-11(9-5-6-9)12-7-8-13-17(15,16)10-3-1-2-4-10/h9-10,13H,1-8H2,(H,12,14). The van der Waals surface area contributed by atoms with Gasteiger partial charge in [0.15, 0.2) is 0 Å². The molecule has 0 radical (unpaired) electrons. The summed E-state index contributed by atoms with van der Waals surface area (Å²) >= 11 is 0. The molecule has 5 nitrogen and oxygen atoms in total. The van der Waals surface area contributed by atoms with Crippen molar-refractivity contribution in [1.82, 2.24) is 10.0 Å². The van der Waals surface area contributed by atoms with E-state index < -0.39 is 10.0 Å². The van der Waals surface area contributed by atoms with Crippen molar-refractivity contribution >= 4 is 15.9 Å². The molecule has 0 saturated heterocycles. The third-order valence-electron chi connectivity index (χ3n) is 3.42. The SMILES string of the molecule is O=C(NCCNS(=O)(=O)C1CCCC1)C1CC1. The molecule has 0 aromatic rings. The van der Waals surface area contributed by atoms with Gasteiger partial charge in [-0.3, -0.25) is 4.79 Å². The van der Waals surface area contributed by atoms with E-state index in [1.807, 2.05) is 0 Å². The van der Waals surface area contributed by atoms with E-state index in [-0.39, 0.29) is 17.1 Å². The molecule has 17 heavy (non-hydrogen) atoms. The Kier molecular flexibility index (Phi) is 4.04. The summed E-state index contributed by atoms with van der Waals surface area (Å²) in [5.74, 6) is 0.242. The molecule has 2 rings (SSSR count). The van der Waals surface area contributed by atoms with E-state index in [2.05, 4.69) is 10.0 Å². The molecule has 2 aliphatic rings. The van der Waals surface area contributed by atoms with Crippen molar-refractivity contribution < 1.29 is 13.2 Å². The zero-order valence-electron chi connectivity index (χ0n) is 9.94. The monoisotopic (exact) mass is 260 g/mol. The first-order chi connectivity index (χ1) is 8.09.